The second-order valence-electron chi connectivity index (χ2n) is 5.26. The third-order valence-electron chi connectivity index (χ3n) is 3.91. The van der Waals surface area contributed by atoms with Crippen LogP contribution in [0.3, 0.4) is 0 Å². The number of nitro benzene ring substituents is 1. The van der Waals surface area contributed by atoms with Crippen molar-refractivity contribution in [2.45, 2.75) is 37.8 Å². The largest absolute Gasteiger partial charge is 0.391 e. The molecule has 0 aromatic heterocycles. The molecule has 0 aliphatic heterocycles. The molecule has 1 saturated carbocycles. The number of aliphatic hydroxyl groups is 1. The molecule has 1 aliphatic rings. The third-order valence-corrected chi connectivity index (χ3v) is 3.91. The molecule has 0 bridgehead atoms. The maximum absolute atomic E-state index is 13.9. The summed E-state index contributed by atoms with van der Waals surface area (Å²) in [6.07, 6.45) is 2.48. The fraction of sp³-hybridized carbons (Fsp3) is 0.500. The van der Waals surface area contributed by atoms with E-state index in [0.717, 1.165) is 31.0 Å². The van der Waals surface area contributed by atoms with Crippen LogP contribution >= 0.6 is 0 Å². The minimum atomic E-state index is -0.925. The van der Waals surface area contributed by atoms with Crippen LogP contribution in [0.4, 0.5) is 10.1 Å². The highest BCUT2D eigenvalue weighted by Gasteiger charge is 2.31. The van der Waals surface area contributed by atoms with Crippen molar-refractivity contribution in [1.82, 2.24) is 4.90 Å². The van der Waals surface area contributed by atoms with E-state index in [2.05, 4.69) is 0 Å². The fourth-order valence-electron chi connectivity index (χ4n) is 2.68. The molecule has 0 saturated heterocycles. The maximum atomic E-state index is 13.9. The van der Waals surface area contributed by atoms with Gasteiger partial charge in [-0.2, -0.15) is 0 Å². The average Bonchev–Trinajstić information content (AvgIpc) is 2.46. The normalized spacial score (nSPS) is 21.9. The Morgan fingerprint density at radius 3 is 2.67 bits per heavy atom. The number of likely N-dealkylation sites (N-methyl/N-ethyl adjacent to an activating group) is 1. The number of carbonyl (C=O) groups excluding carboxylic acids is 1. The number of hydrogen-bond acceptors (Lipinski definition) is 4. The van der Waals surface area contributed by atoms with E-state index in [4.69, 9.17) is 0 Å². The predicted octanol–water partition coefficient (Wildman–Crippen LogP) is 2.11. The third kappa shape index (κ3) is 3.18. The predicted molar refractivity (Wildman–Crippen MR) is 73.4 cm³/mol. The van der Waals surface area contributed by atoms with E-state index in [1.807, 2.05) is 0 Å². The van der Waals surface area contributed by atoms with Crippen LogP contribution in [0, 0.1) is 15.9 Å². The lowest BCUT2D eigenvalue weighted by Crippen LogP contribution is -2.46. The van der Waals surface area contributed by atoms with E-state index in [1.54, 1.807) is 0 Å². The summed E-state index contributed by atoms with van der Waals surface area (Å²) < 4.78 is 13.9. The molecule has 2 atom stereocenters. The minimum absolute atomic E-state index is 0.221. The van der Waals surface area contributed by atoms with Crippen molar-refractivity contribution >= 4 is 11.6 Å². The van der Waals surface area contributed by atoms with E-state index in [9.17, 15) is 24.4 Å². The molecular weight excluding hydrogens is 279 g/mol. The molecule has 6 nitrogen and oxygen atoms in total. The van der Waals surface area contributed by atoms with Crippen LogP contribution in [0.5, 0.6) is 0 Å². The molecule has 7 heteroatoms. The Balaban J connectivity index is 2.21. The molecule has 1 amide bonds. The standard InChI is InChI=1S/C14H17FN2O4/c1-16(12-4-2-3-5-13(12)18)14(19)10-7-6-9(17(20)21)8-11(10)15/h6-8,12-13,18H,2-5H2,1H3. The molecule has 2 unspecified atom stereocenters. The van der Waals surface area contributed by atoms with Gasteiger partial charge in [0.15, 0.2) is 0 Å². The molecule has 0 heterocycles. The molecule has 1 aliphatic carbocycles. The number of benzene rings is 1. The van der Waals surface area contributed by atoms with E-state index >= 15 is 0 Å². The number of hydrogen-bond donors (Lipinski definition) is 1. The first-order chi connectivity index (χ1) is 9.91. The van der Waals surface area contributed by atoms with Crippen LogP contribution in [0.15, 0.2) is 18.2 Å². The van der Waals surface area contributed by atoms with Crippen LogP contribution in [-0.2, 0) is 0 Å². The Kier molecular flexibility index (Phi) is 4.52. The van der Waals surface area contributed by atoms with Crippen LogP contribution < -0.4 is 0 Å². The molecule has 21 heavy (non-hydrogen) atoms. The van der Waals surface area contributed by atoms with Gasteiger partial charge in [-0.05, 0) is 18.9 Å². The van der Waals surface area contributed by atoms with Gasteiger partial charge < -0.3 is 10.0 Å². The van der Waals surface area contributed by atoms with E-state index in [1.165, 1.54) is 11.9 Å². The summed E-state index contributed by atoms with van der Waals surface area (Å²) in [5.41, 5.74) is -0.620. The van der Waals surface area contributed by atoms with Crippen molar-refractivity contribution in [2.75, 3.05) is 7.05 Å². The lowest BCUT2D eigenvalue weighted by atomic mass is 9.91. The summed E-state index contributed by atoms with van der Waals surface area (Å²) in [5.74, 6) is -1.50. The fourth-order valence-corrected chi connectivity index (χ4v) is 2.68. The summed E-state index contributed by atoms with van der Waals surface area (Å²) in [6, 6.07) is 2.60. The van der Waals surface area contributed by atoms with Gasteiger partial charge in [0.1, 0.15) is 5.82 Å². The zero-order valence-electron chi connectivity index (χ0n) is 11.7. The second kappa shape index (κ2) is 6.17. The zero-order chi connectivity index (χ0) is 15.6. The van der Waals surface area contributed by atoms with Gasteiger partial charge in [0.2, 0.25) is 0 Å². The molecule has 1 aromatic carbocycles. The first-order valence-electron chi connectivity index (χ1n) is 6.81. The zero-order valence-corrected chi connectivity index (χ0v) is 11.7. The van der Waals surface area contributed by atoms with Crippen LogP contribution in [0.1, 0.15) is 36.0 Å². The number of non-ortho nitro benzene ring substituents is 1. The van der Waals surface area contributed by atoms with E-state index < -0.39 is 28.4 Å². The molecule has 0 radical (unpaired) electrons. The minimum Gasteiger partial charge on any atom is -0.391 e. The van der Waals surface area contributed by atoms with Crippen molar-refractivity contribution in [3.05, 3.63) is 39.7 Å². The van der Waals surface area contributed by atoms with Gasteiger partial charge in [-0.25, -0.2) is 4.39 Å². The number of nitro groups is 1. The van der Waals surface area contributed by atoms with Gasteiger partial charge >= 0.3 is 0 Å². The van der Waals surface area contributed by atoms with Crippen LogP contribution in [0.25, 0.3) is 0 Å². The van der Waals surface area contributed by atoms with Gasteiger partial charge in [0.05, 0.1) is 28.7 Å². The molecule has 114 valence electrons. The number of amides is 1. The van der Waals surface area contributed by atoms with Crippen molar-refractivity contribution in [1.29, 1.82) is 0 Å². The maximum Gasteiger partial charge on any atom is 0.272 e. The molecule has 1 aromatic rings. The number of aliphatic hydroxyl groups excluding tert-OH is 1. The average molecular weight is 296 g/mol. The monoisotopic (exact) mass is 296 g/mol. The molecule has 2 rings (SSSR count). The number of carbonyl (C=O) groups is 1. The first-order valence-corrected chi connectivity index (χ1v) is 6.81. The van der Waals surface area contributed by atoms with E-state index in [0.29, 0.717) is 12.8 Å². The highest BCUT2D eigenvalue weighted by atomic mass is 19.1. The highest BCUT2D eigenvalue weighted by Crippen LogP contribution is 2.25. The quantitative estimate of drug-likeness (QED) is 0.684. The lowest BCUT2D eigenvalue weighted by molar-refractivity contribution is -0.385. The highest BCUT2D eigenvalue weighted by molar-refractivity contribution is 5.94. The topological polar surface area (TPSA) is 83.7 Å². The first kappa shape index (κ1) is 15.4. The summed E-state index contributed by atoms with van der Waals surface area (Å²) in [7, 11) is 1.52. The van der Waals surface area contributed by atoms with E-state index in [-0.39, 0.29) is 11.6 Å². The van der Waals surface area contributed by atoms with Crippen molar-refractivity contribution in [3.63, 3.8) is 0 Å². The summed E-state index contributed by atoms with van der Waals surface area (Å²) in [4.78, 5) is 23.5. The Labute approximate surface area is 121 Å². The Hall–Kier alpha value is -2.02. The van der Waals surface area contributed by atoms with Gasteiger partial charge in [0, 0.05) is 13.1 Å². The van der Waals surface area contributed by atoms with Gasteiger partial charge in [0.25, 0.3) is 11.6 Å². The smallest absolute Gasteiger partial charge is 0.272 e. The number of halogens is 1. The number of nitrogens with zero attached hydrogens (tertiary/aromatic N) is 2. The summed E-state index contributed by atoms with van der Waals surface area (Å²) in [5, 5.41) is 20.5. The lowest BCUT2D eigenvalue weighted by Gasteiger charge is -2.35. The Morgan fingerprint density at radius 1 is 1.43 bits per heavy atom. The summed E-state index contributed by atoms with van der Waals surface area (Å²) >= 11 is 0. The van der Waals surface area contributed by atoms with Crippen LogP contribution in [-0.4, -0.2) is 40.0 Å². The Bertz CT molecular complexity index is 564. The molecule has 0 spiro atoms. The van der Waals surface area contributed by atoms with Gasteiger partial charge in [-0.1, -0.05) is 12.8 Å². The van der Waals surface area contributed by atoms with Crippen molar-refractivity contribution in [3.8, 4) is 0 Å². The Morgan fingerprint density at radius 2 is 2.10 bits per heavy atom. The second-order valence-corrected chi connectivity index (χ2v) is 5.26. The van der Waals surface area contributed by atoms with Crippen molar-refractivity contribution in [2.24, 2.45) is 0 Å². The summed E-state index contributed by atoms with van der Waals surface area (Å²) in [6.45, 7) is 0. The van der Waals surface area contributed by atoms with Crippen molar-refractivity contribution < 1.29 is 19.2 Å². The van der Waals surface area contributed by atoms with Gasteiger partial charge in [-0.15, -0.1) is 0 Å². The molecule has 1 N–H and O–H groups in total. The molecular formula is C14H17FN2O4. The molecule has 1 fully saturated rings. The van der Waals surface area contributed by atoms with Gasteiger partial charge in [-0.3, -0.25) is 14.9 Å². The van der Waals surface area contributed by atoms with Crippen LogP contribution in [0.2, 0.25) is 0 Å². The SMILES string of the molecule is CN(C(=O)c1ccc([N+](=O)[O-])cc1F)C1CCCCC1O. The number of rotatable bonds is 3.